The lowest BCUT2D eigenvalue weighted by molar-refractivity contribution is -0.137. The number of fused-ring (bicyclic) bond motifs is 4. The van der Waals surface area contributed by atoms with Crippen molar-refractivity contribution in [2.45, 2.75) is 94.8 Å². The Morgan fingerprint density at radius 2 is 1.65 bits per heavy atom. The molecular formula is C48H50FNO6S. The Kier molecular flexibility index (Phi) is 10.9. The van der Waals surface area contributed by atoms with Crippen LogP contribution < -0.4 is 9.64 Å². The summed E-state index contributed by atoms with van der Waals surface area (Å²) in [4.78, 5) is 13.2. The lowest BCUT2D eigenvalue weighted by Gasteiger charge is -2.26. The van der Waals surface area contributed by atoms with Gasteiger partial charge >= 0.3 is 5.97 Å². The fourth-order valence-corrected chi connectivity index (χ4v) is 9.48. The standard InChI is InChI=1S/C48H50FNO6S/c1-47(2)40(38(16-7-6-8-17-44(51)52)39-26-21-34(49)30-41(39)47)27-18-32-13-11-14-33(46(32)56-35-22-24-36(25-23-35)57(53,54)55)20-29-43-48(3,4)45-37-15-10-9-12-31(37)19-28-42(45)50(43)5/h9-10,12,15,18-30H,6-8,11,13-14,16-17H2,1-5H3,(H,51,52)(H,53,54,55)/b27-18+,33-20+,43-29+. The van der Waals surface area contributed by atoms with Crippen LogP contribution in [0.15, 0.2) is 136 Å². The van der Waals surface area contributed by atoms with Crippen LogP contribution in [0.5, 0.6) is 5.75 Å². The first-order valence-corrected chi connectivity index (χ1v) is 21.1. The fraction of sp³-hybridized carbons (Fsp3) is 0.312. The van der Waals surface area contributed by atoms with E-state index in [4.69, 9.17) is 9.84 Å². The number of hydrogen-bond acceptors (Lipinski definition) is 5. The summed E-state index contributed by atoms with van der Waals surface area (Å²) in [6, 6.07) is 23.6. The molecule has 0 unspecified atom stereocenters. The van der Waals surface area contributed by atoms with E-state index in [-0.39, 0.29) is 22.5 Å². The summed E-state index contributed by atoms with van der Waals surface area (Å²) in [6.07, 6.45) is 14.1. The molecular weight excluding hydrogens is 738 g/mol. The van der Waals surface area contributed by atoms with Gasteiger partial charge < -0.3 is 14.7 Å². The third-order valence-electron chi connectivity index (χ3n) is 11.9. The summed E-state index contributed by atoms with van der Waals surface area (Å²) in [5.74, 6) is 0.0442. The van der Waals surface area contributed by atoms with Gasteiger partial charge in [-0.25, -0.2) is 4.39 Å². The van der Waals surface area contributed by atoms with Gasteiger partial charge in [0.25, 0.3) is 10.1 Å². The molecule has 3 aliphatic rings. The maximum absolute atomic E-state index is 14.7. The lowest BCUT2D eigenvalue weighted by atomic mass is 9.80. The zero-order valence-electron chi connectivity index (χ0n) is 33.2. The lowest BCUT2D eigenvalue weighted by Crippen LogP contribution is -2.22. The Hall–Kier alpha value is -5.25. The molecule has 0 amide bonds. The van der Waals surface area contributed by atoms with Crippen molar-refractivity contribution in [2.24, 2.45) is 0 Å². The van der Waals surface area contributed by atoms with Gasteiger partial charge in [-0.3, -0.25) is 9.35 Å². The third kappa shape index (κ3) is 7.88. The van der Waals surface area contributed by atoms with Crippen molar-refractivity contribution >= 4 is 38.1 Å². The second-order valence-electron chi connectivity index (χ2n) is 16.4. The number of allylic oxidation sites excluding steroid dienone is 9. The highest BCUT2D eigenvalue weighted by Gasteiger charge is 2.40. The van der Waals surface area contributed by atoms with Crippen LogP contribution in [0.1, 0.15) is 95.8 Å². The Labute approximate surface area is 335 Å². The summed E-state index contributed by atoms with van der Waals surface area (Å²) in [5.41, 5.74) is 9.01. The number of ether oxygens (including phenoxy) is 1. The Morgan fingerprint density at radius 1 is 0.895 bits per heavy atom. The van der Waals surface area contributed by atoms with Crippen LogP contribution in [0.25, 0.3) is 16.3 Å². The molecule has 0 bridgehead atoms. The highest BCUT2D eigenvalue weighted by molar-refractivity contribution is 7.85. The van der Waals surface area contributed by atoms with Gasteiger partial charge in [-0.15, -0.1) is 0 Å². The van der Waals surface area contributed by atoms with Gasteiger partial charge in [0.1, 0.15) is 17.3 Å². The van der Waals surface area contributed by atoms with E-state index in [9.17, 15) is 22.2 Å². The van der Waals surface area contributed by atoms with E-state index in [1.165, 1.54) is 40.2 Å². The van der Waals surface area contributed by atoms with Crippen molar-refractivity contribution in [3.05, 3.63) is 154 Å². The first-order chi connectivity index (χ1) is 27.1. The van der Waals surface area contributed by atoms with Gasteiger partial charge in [-0.05, 0) is 137 Å². The first kappa shape index (κ1) is 40.0. The second kappa shape index (κ2) is 15.6. The number of hydrogen-bond donors (Lipinski definition) is 2. The molecule has 1 heterocycles. The highest BCUT2D eigenvalue weighted by atomic mass is 32.2. The number of halogens is 1. The molecule has 296 valence electrons. The van der Waals surface area contributed by atoms with Crippen molar-refractivity contribution in [3.8, 4) is 5.75 Å². The number of anilines is 1. The number of nitrogens with zero attached hydrogens (tertiary/aromatic N) is 1. The molecule has 7 rings (SSSR count). The number of carbonyl (C=O) groups is 1. The van der Waals surface area contributed by atoms with Crippen LogP contribution >= 0.6 is 0 Å². The Morgan fingerprint density at radius 3 is 2.39 bits per heavy atom. The van der Waals surface area contributed by atoms with Gasteiger partial charge in [0, 0.05) is 35.7 Å². The molecule has 0 saturated carbocycles. The minimum absolute atomic E-state index is 0.138. The average molecular weight is 788 g/mol. The largest absolute Gasteiger partial charge is 0.481 e. The summed E-state index contributed by atoms with van der Waals surface area (Å²) in [7, 11) is -2.27. The van der Waals surface area contributed by atoms with E-state index >= 15 is 0 Å². The maximum atomic E-state index is 14.7. The van der Waals surface area contributed by atoms with Crippen LogP contribution in [0, 0.1) is 5.82 Å². The number of unbranched alkanes of at least 4 members (excludes halogenated alkanes) is 2. The van der Waals surface area contributed by atoms with Gasteiger partial charge in [-0.2, -0.15) is 8.42 Å². The summed E-state index contributed by atoms with van der Waals surface area (Å²) >= 11 is 0. The van der Waals surface area contributed by atoms with Crippen molar-refractivity contribution in [3.63, 3.8) is 0 Å². The molecule has 1 aliphatic heterocycles. The highest BCUT2D eigenvalue weighted by Crippen LogP contribution is 2.51. The van der Waals surface area contributed by atoms with Crippen molar-refractivity contribution in [1.29, 1.82) is 0 Å². The van der Waals surface area contributed by atoms with Crippen LogP contribution in [-0.2, 0) is 25.7 Å². The number of carboxylic acid groups (broad SMARTS) is 1. The van der Waals surface area contributed by atoms with E-state index in [2.05, 4.69) is 100 Å². The molecule has 0 radical (unpaired) electrons. The average Bonchev–Trinajstić information content (AvgIpc) is 3.50. The smallest absolute Gasteiger partial charge is 0.303 e. The number of rotatable bonds is 12. The van der Waals surface area contributed by atoms with Crippen LogP contribution in [-0.4, -0.2) is 31.1 Å². The van der Waals surface area contributed by atoms with E-state index < -0.39 is 21.5 Å². The molecule has 0 aromatic heterocycles. The molecule has 0 fully saturated rings. The molecule has 0 spiro atoms. The quantitative estimate of drug-likeness (QED) is 0.109. The molecule has 7 nitrogen and oxygen atoms in total. The molecule has 2 N–H and O–H groups in total. The van der Waals surface area contributed by atoms with Gasteiger partial charge in [0.15, 0.2) is 0 Å². The minimum atomic E-state index is -4.38. The van der Waals surface area contributed by atoms with Crippen LogP contribution in [0.4, 0.5) is 10.1 Å². The third-order valence-corrected chi connectivity index (χ3v) is 12.8. The number of aliphatic carboxylic acids is 1. The number of benzene rings is 4. The van der Waals surface area contributed by atoms with Crippen LogP contribution in [0.2, 0.25) is 0 Å². The fourth-order valence-electron chi connectivity index (χ4n) is 9.00. The molecule has 0 saturated heterocycles. The van der Waals surface area contributed by atoms with Crippen molar-refractivity contribution in [2.75, 3.05) is 11.9 Å². The van der Waals surface area contributed by atoms with Crippen molar-refractivity contribution in [1.82, 2.24) is 0 Å². The zero-order chi connectivity index (χ0) is 40.7. The second-order valence-corrected chi connectivity index (χ2v) is 17.8. The molecule has 9 heteroatoms. The Bertz CT molecular complexity index is 2520. The van der Waals surface area contributed by atoms with Gasteiger partial charge in [0.2, 0.25) is 0 Å². The summed E-state index contributed by atoms with van der Waals surface area (Å²) in [5, 5.41) is 11.6. The zero-order valence-corrected chi connectivity index (χ0v) is 34.0. The number of likely N-dealkylation sites (N-methyl/N-ethyl adjacent to an activating group) is 1. The molecule has 57 heavy (non-hydrogen) atoms. The van der Waals surface area contributed by atoms with Crippen LogP contribution in [0.3, 0.4) is 0 Å². The normalized spacial score (nSPS) is 19.0. The topological polar surface area (TPSA) is 104 Å². The predicted octanol–water partition coefficient (Wildman–Crippen LogP) is 11.6. The summed E-state index contributed by atoms with van der Waals surface area (Å²) in [6.45, 7) is 8.75. The first-order valence-electron chi connectivity index (χ1n) is 19.7. The van der Waals surface area contributed by atoms with Gasteiger partial charge in [-0.1, -0.05) is 88.7 Å². The van der Waals surface area contributed by atoms with Gasteiger partial charge in [0.05, 0.1) is 4.90 Å². The van der Waals surface area contributed by atoms with Crippen molar-refractivity contribution < 1.29 is 32.0 Å². The maximum Gasteiger partial charge on any atom is 0.303 e. The molecule has 4 aromatic carbocycles. The molecule has 2 aliphatic carbocycles. The SMILES string of the molecule is CN1/C(=C/C=C2\CCCC(/C=C/C3=C(CCCCCC(=O)O)c4ccc(F)cc4C3(C)C)=C2Oc2ccc(S(=O)(=O)O)cc2)C(C)(C)c2c1ccc1ccccc21. The van der Waals surface area contributed by atoms with E-state index in [1.54, 1.807) is 18.2 Å². The minimum Gasteiger partial charge on any atom is -0.481 e. The van der Waals surface area contributed by atoms with E-state index in [1.807, 2.05) is 6.07 Å². The predicted molar refractivity (Wildman–Crippen MR) is 226 cm³/mol. The molecule has 0 atom stereocenters. The number of carboxylic acids is 1. The van der Waals surface area contributed by atoms with E-state index in [0.29, 0.717) is 17.9 Å². The monoisotopic (exact) mass is 787 g/mol. The Balaban J connectivity index is 1.30. The van der Waals surface area contributed by atoms with E-state index in [0.717, 1.165) is 77.6 Å². The summed E-state index contributed by atoms with van der Waals surface area (Å²) < 4.78 is 54.6. The molecule has 4 aromatic rings.